The Bertz CT molecular complexity index is 168. The van der Waals surface area contributed by atoms with E-state index in [2.05, 4.69) is 6.92 Å². The van der Waals surface area contributed by atoms with E-state index in [1.807, 2.05) is 20.8 Å². The summed E-state index contributed by atoms with van der Waals surface area (Å²) in [7, 11) is 0. The fourth-order valence-electron chi connectivity index (χ4n) is 1.47. The quantitative estimate of drug-likeness (QED) is 0.640. The van der Waals surface area contributed by atoms with Crippen LogP contribution in [0.1, 0.15) is 40.5 Å². The first-order valence-electron chi connectivity index (χ1n) is 5.48. The Labute approximate surface area is 86.7 Å². The van der Waals surface area contributed by atoms with Gasteiger partial charge in [0.2, 0.25) is 0 Å². The Morgan fingerprint density at radius 3 is 2.71 bits per heavy atom. The van der Waals surface area contributed by atoms with Gasteiger partial charge in [0.05, 0.1) is 12.7 Å². The SMILES string of the molecule is CCCCO[C@H](C)[C@@H]1COC(C)(C)O1. The van der Waals surface area contributed by atoms with Gasteiger partial charge in [-0.3, -0.25) is 0 Å². The number of hydrogen-bond donors (Lipinski definition) is 0. The lowest BCUT2D eigenvalue weighted by Gasteiger charge is -2.21. The molecule has 3 nitrogen and oxygen atoms in total. The van der Waals surface area contributed by atoms with Crippen LogP contribution in [0.4, 0.5) is 0 Å². The van der Waals surface area contributed by atoms with Gasteiger partial charge in [0.25, 0.3) is 0 Å². The van der Waals surface area contributed by atoms with Gasteiger partial charge >= 0.3 is 0 Å². The van der Waals surface area contributed by atoms with Crippen molar-refractivity contribution in [2.24, 2.45) is 0 Å². The molecule has 1 aliphatic heterocycles. The van der Waals surface area contributed by atoms with E-state index in [0.29, 0.717) is 6.61 Å². The van der Waals surface area contributed by atoms with Crippen molar-refractivity contribution in [3.05, 3.63) is 0 Å². The molecule has 1 saturated heterocycles. The molecular formula is C11H22O3. The number of hydrogen-bond acceptors (Lipinski definition) is 3. The number of unbranched alkanes of at least 4 members (excludes halogenated alkanes) is 1. The predicted molar refractivity (Wildman–Crippen MR) is 55.2 cm³/mol. The van der Waals surface area contributed by atoms with Crippen LogP contribution < -0.4 is 0 Å². The molecule has 0 spiro atoms. The van der Waals surface area contributed by atoms with Gasteiger partial charge in [-0.15, -0.1) is 0 Å². The van der Waals surface area contributed by atoms with E-state index in [-0.39, 0.29) is 12.2 Å². The van der Waals surface area contributed by atoms with Crippen LogP contribution in [0, 0.1) is 0 Å². The molecule has 0 amide bonds. The third-order valence-electron chi connectivity index (χ3n) is 2.43. The summed E-state index contributed by atoms with van der Waals surface area (Å²) in [6, 6.07) is 0. The summed E-state index contributed by atoms with van der Waals surface area (Å²) in [5, 5.41) is 0. The van der Waals surface area contributed by atoms with Gasteiger partial charge < -0.3 is 14.2 Å². The van der Waals surface area contributed by atoms with Crippen molar-refractivity contribution in [3.63, 3.8) is 0 Å². The first-order chi connectivity index (χ1) is 6.55. The van der Waals surface area contributed by atoms with Crippen molar-refractivity contribution in [1.82, 2.24) is 0 Å². The van der Waals surface area contributed by atoms with Crippen molar-refractivity contribution < 1.29 is 14.2 Å². The van der Waals surface area contributed by atoms with Crippen molar-refractivity contribution in [1.29, 1.82) is 0 Å². The first kappa shape index (κ1) is 12.0. The summed E-state index contributed by atoms with van der Waals surface area (Å²) in [4.78, 5) is 0. The highest BCUT2D eigenvalue weighted by atomic mass is 16.7. The summed E-state index contributed by atoms with van der Waals surface area (Å²) in [6.07, 6.45) is 2.49. The van der Waals surface area contributed by atoms with Crippen molar-refractivity contribution in [2.75, 3.05) is 13.2 Å². The second-order valence-corrected chi connectivity index (χ2v) is 4.30. The van der Waals surface area contributed by atoms with Crippen LogP contribution in [0.15, 0.2) is 0 Å². The zero-order valence-corrected chi connectivity index (χ0v) is 9.71. The molecule has 0 aromatic rings. The van der Waals surface area contributed by atoms with Gasteiger partial charge in [-0.25, -0.2) is 0 Å². The van der Waals surface area contributed by atoms with Crippen LogP contribution in [-0.4, -0.2) is 31.2 Å². The Hall–Kier alpha value is -0.120. The lowest BCUT2D eigenvalue weighted by Crippen LogP contribution is -2.30. The highest BCUT2D eigenvalue weighted by molar-refractivity contribution is 4.75. The molecular weight excluding hydrogens is 180 g/mol. The first-order valence-corrected chi connectivity index (χ1v) is 5.48. The zero-order chi connectivity index (χ0) is 10.6. The van der Waals surface area contributed by atoms with Gasteiger partial charge in [0, 0.05) is 6.61 Å². The van der Waals surface area contributed by atoms with Crippen molar-refractivity contribution in [3.8, 4) is 0 Å². The maximum absolute atomic E-state index is 5.69. The largest absolute Gasteiger partial charge is 0.376 e. The molecule has 0 radical (unpaired) electrons. The van der Waals surface area contributed by atoms with Crippen LogP contribution in [0.2, 0.25) is 0 Å². The molecule has 0 saturated carbocycles. The molecule has 14 heavy (non-hydrogen) atoms. The van der Waals surface area contributed by atoms with Crippen molar-refractivity contribution >= 4 is 0 Å². The highest BCUT2D eigenvalue weighted by Gasteiger charge is 2.35. The molecule has 1 heterocycles. The van der Waals surface area contributed by atoms with E-state index >= 15 is 0 Å². The smallest absolute Gasteiger partial charge is 0.163 e. The second kappa shape index (κ2) is 5.10. The maximum Gasteiger partial charge on any atom is 0.163 e. The van der Waals surface area contributed by atoms with Crippen LogP contribution in [0.3, 0.4) is 0 Å². The van der Waals surface area contributed by atoms with Gasteiger partial charge in [-0.2, -0.15) is 0 Å². The lowest BCUT2D eigenvalue weighted by atomic mass is 10.2. The van der Waals surface area contributed by atoms with E-state index in [1.54, 1.807) is 0 Å². The van der Waals surface area contributed by atoms with Crippen LogP contribution in [-0.2, 0) is 14.2 Å². The molecule has 0 aliphatic carbocycles. The number of rotatable bonds is 5. The molecule has 1 aliphatic rings. The van der Waals surface area contributed by atoms with Crippen LogP contribution in [0.25, 0.3) is 0 Å². The minimum atomic E-state index is -0.437. The molecule has 0 bridgehead atoms. The van der Waals surface area contributed by atoms with Crippen molar-refractivity contribution in [2.45, 2.75) is 58.5 Å². The standard InChI is InChI=1S/C11H22O3/c1-5-6-7-12-9(2)10-8-13-11(3,4)14-10/h9-10H,5-8H2,1-4H3/t9-,10+/m1/s1. The third-order valence-corrected chi connectivity index (χ3v) is 2.43. The fraction of sp³-hybridized carbons (Fsp3) is 1.00. The van der Waals surface area contributed by atoms with E-state index in [4.69, 9.17) is 14.2 Å². The Morgan fingerprint density at radius 2 is 2.21 bits per heavy atom. The molecule has 0 aromatic heterocycles. The van der Waals surface area contributed by atoms with E-state index in [1.165, 1.54) is 6.42 Å². The summed E-state index contributed by atoms with van der Waals surface area (Å²) < 4.78 is 16.8. The van der Waals surface area contributed by atoms with Gasteiger partial charge in [-0.1, -0.05) is 13.3 Å². The van der Waals surface area contributed by atoms with E-state index in [0.717, 1.165) is 13.0 Å². The summed E-state index contributed by atoms with van der Waals surface area (Å²) in [5.41, 5.74) is 0. The Balaban J connectivity index is 2.22. The van der Waals surface area contributed by atoms with E-state index in [9.17, 15) is 0 Å². The zero-order valence-electron chi connectivity index (χ0n) is 9.71. The summed E-state index contributed by atoms with van der Waals surface area (Å²) >= 11 is 0. The van der Waals surface area contributed by atoms with Gasteiger partial charge in [0.1, 0.15) is 6.10 Å². The summed E-state index contributed by atoms with van der Waals surface area (Å²) in [5.74, 6) is -0.437. The lowest BCUT2D eigenvalue weighted by molar-refractivity contribution is -0.154. The van der Waals surface area contributed by atoms with E-state index < -0.39 is 5.79 Å². The Morgan fingerprint density at radius 1 is 1.50 bits per heavy atom. The maximum atomic E-state index is 5.69. The molecule has 0 unspecified atom stereocenters. The molecule has 0 aromatic carbocycles. The molecule has 1 rings (SSSR count). The third kappa shape index (κ3) is 3.56. The topological polar surface area (TPSA) is 27.7 Å². The number of ether oxygens (including phenoxy) is 3. The normalized spacial score (nSPS) is 27.9. The molecule has 1 fully saturated rings. The van der Waals surface area contributed by atoms with Gasteiger partial charge in [0.15, 0.2) is 5.79 Å². The minimum Gasteiger partial charge on any atom is -0.376 e. The molecule has 84 valence electrons. The fourth-order valence-corrected chi connectivity index (χ4v) is 1.47. The predicted octanol–water partition coefficient (Wildman–Crippen LogP) is 2.34. The van der Waals surface area contributed by atoms with Crippen LogP contribution in [0.5, 0.6) is 0 Å². The average Bonchev–Trinajstić information content (AvgIpc) is 2.46. The average molecular weight is 202 g/mol. The molecule has 3 heteroatoms. The monoisotopic (exact) mass is 202 g/mol. The van der Waals surface area contributed by atoms with Crippen LogP contribution >= 0.6 is 0 Å². The molecule has 2 atom stereocenters. The summed E-state index contributed by atoms with van der Waals surface area (Å²) in [6.45, 7) is 9.53. The van der Waals surface area contributed by atoms with Gasteiger partial charge in [-0.05, 0) is 27.2 Å². The molecule has 0 N–H and O–H groups in total. The highest BCUT2D eigenvalue weighted by Crippen LogP contribution is 2.25. The second-order valence-electron chi connectivity index (χ2n) is 4.30. The Kier molecular flexibility index (Phi) is 4.35. The minimum absolute atomic E-state index is 0.0851.